The second-order valence-electron chi connectivity index (χ2n) is 10.0. The lowest BCUT2D eigenvalue weighted by Gasteiger charge is -2.34. The molecule has 3 heterocycles. The maximum atomic E-state index is 13.4. The molecule has 5 rings (SSSR count). The van der Waals surface area contributed by atoms with Gasteiger partial charge in [-0.05, 0) is 62.1 Å². The summed E-state index contributed by atoms with van der Waals surface area (Å²) in [5, 5.41) is 3.38. The van der Waals surface area contributed by atoms with Crippen molar-refractivity contribution in [3.05, 3.63) is 57.0 Å². The van der Waals surface area contributed by atoms with E-state index in [2.05, 4.69) is 29.0 Å². The van der Waals surface area contributed by atoms with Crippen molar-refractivity contribution in [3.63, 3.8) is 0 Å². The third kappa shape index (κ3) is 4.48. The largest absolute Gasteiger partial charge is 0.494 e. The van der Waals surface area contributed by atoms with Crippen molar-refractivity contribution in [1.82, 2.24) is 9.97 Å². The number of aromatic nitrogens is 2. The van der Waals surface area contributed by atoms with Crippen LogP contribution in [0.5, 0.6) is 5.75 Å². The van der Waals surface area contributed by atoms with Gasteiger partial charge in [-0.15, -0.1) is 0 Å². The lowest BCUT2D eigenvalue weighted by Crippen LogP contribution is -2.36. The molecule has 0 saturated carbocycles. The average molecular weight is 463 g/mol. The molecular formula is C27H34N4O3. The van der Waals surface area contributed by atoms with E-state index in [0.29, 0.717) is 41.8 Å². The standard InChI is InChI=1S/C27H34N4O3/c1-17(2)13-16-34-19-11-9-18(10-12-19)22-23-20(7-6-8-21(23)32)28-25-24(22)26(33)30-27(29-25)31-14-4-3-5-15-31/h9-12,17,22H,3-8,13-16H2,1-2H3,(H2,28,29,30,33)/t22-/m1/s1. The molecule has 0 unspecified atom stereocenters. The number of carbonyl (C=O) groups excluding carboxylic acids is 1. The van der Waals surface area contributed by atoms with Crippen molar-refractivity contribution >= 4 is 17.5 Å². The molecular weight excluding hydrogens is 428 g/mol. The van der Waals surface area contributed by atoms with E-state index >= 15 is 0 Å². The highest BCUT2D eigenvalue weighted by Crippen LogP contribution is 2.43. The number of nitrogens with zero attached hydrogens (tertiary/aromatic N) is 2. The second kappa shape index (κ2) is 9.65. The van der Waals surface area contributed by atoms with Gasteiger partial charge in [0.15, 0.2) is 5.78 Å². The summed E-state index contributed by atoms with van der Waals surface area (Å²) in [6.45, 7) is 6.82. The predicted octanol–water partition coefficient (Wildman–Crippen LogP) is 4.75. The first-order valence-electron chi connectivity index (χ1n) is 12.7. The highest BCUT2D eigenvalue weighted by Gasteiger charge is 2.38. The number of allylic oxidation sites excluding steroid dienone is 2. The van der Waals surface area contributed by atoms with Gasteiger partial charge in [0.25, 0.3) is 5.56 Å². The number of aromatic amines is 1. The number of H-pyrrole nitrogens is 1. The SMILES string of the molecule is CC(C)CCOc1ccc([C@@H]2C3=C(CCCC3=O)Nc3nc(N4CCCCC4)[nH]c(=O)c32)cc1. The van der Waals surface area contributed by atoms with Crippen LogP contribution in [-0.4, -0.2) is 35.4 Å². The zero-order chi connectivity index (χ0) is 23.7. The molecule has 7 heteroatoms. The Kier molecular flexibility index (Phi) is 6.44. The van der Waals surface area contributed by atoms with Crippen molar-refractivity contribution < 1.29 is 9.53 Å². The van der Waals surface area contributed by atoms with Crippen LogP contribution in [0.15, 0.2) is 40.3 Å². The van der Waals surface area contributed by atoms with Gasteiger partial charge in [0.05, 0.1) is 12.2 Å². The summed E-state index contributed by atoms with van der Waals surface area (Å²) in [6, 6.07) is 7.84. The Bertz CT molecular complexity index is 1140. The molecule has 1 aromatic carbocycles. The summed E-state index contributed by atoms with van der Waals surface area (Å²) in [6.07, 6.45) is 6.53. The number of rotatable bonds is 6. The quantitative estimate of drug-likeness (QED) is 0.644. The Hall–Kier alpha value is -3.09. The highest BCUT2D eigenvalue weighted by molar-refractivity contribution is 6.00. The minimum absolute atomic E-state index is 0.112. The minimum Gasteiger partial charge on any atom is -0.494 e. The number of fused-ring (bicyclic) bond motifs is 1. The van der Waals surface area contributed by atoms with E-state index in [0.717, 1.165) is 62.2 Å². The first-order chi connectivity index (χ1) is 16.5. The zero-order valence-corrected chi connectivity index (χ0v) is 20.2. The molecule has 3 aliphatic rings. The van der Waals surface area contributed by atoms with Crippen molar-refractivity contribution in [2.75, 3.05) is 29.9 Å². The van der Waals surface area contributed by atoms with Gasteiger partial charge in [-0.25, -0.2) is 0 Å². The minimum atomic E-state index is -0.421. The Morgan fingerprint density at radius 3 is 2.56 bits per heavy atom. The van der Waals surface area contributed by atoms with Crippen LogP contribution in [-0.2, 0) is 4.79 Å². The molecule has 0 amide bonds. The highest BCUT2D eigenvalue weighted by atomic mass is 16.5. The normalized spacial score (nSPS) is 20.1. The van der Waals surface area contributed by atoms with Crippen molar-refractivity contribution in [2.24, 2.45) is 5.92 Å². The third-order valence-corrected chi connectivity index (χ3v) is 7.08. The smallest absolute Gasteiger partial charge is 0.258 e. The number of anilines is 2. The van der Waals surface area contributed by atoms with Gasteiger partial charge in [-0.1, -0.05) is 26.0 Å². The molecule has 0 radical (unpaired) electrons. The predicted molar refractivity (Wildman–Crippen MR) is 134 cm³/mol. The Balaban J connectivity index is 1.52. The molecule has 1 fully saturated rings. The number of ketones is 1. The van der Waals surface area contributed by atoms with Crippen molar-refractivity contribution in [1.29, 1.82) is 0 Å². The van der Waals surface area contributed by atoms with Gasteiger partial charge < -0.3 is 15.0 Å². The zero-order valence-electron chi connectivity index (χ0n) is 20.2. The number of hydrogen-bond acceptors (Lipinski definition) is 6. The van der Waals surface area contributed by atoms with Crippen molar-refractivity contribution in [3.8, 4) is 5.75 Å². The summed E-state index contributed by atoms with van der Waals surface area (Å²) in [4.78, 5) is 36.5. The molecule has 1 aromatic heterocycles. The first-order valence-corrected chi connectivity index (χ1v) is 12.7. The summed E-state index contributed by atoms with van der Waals surface area (Å²) in [5.41, 5.74) is 2.90. The van der Waals surface area contributed by atoms with Crippen LogP contribution in [0.4, 0.5) is 11.8 Å². The van der Waals surface area contributed by atoms with Gasteiger partial charge in [0.2, 0.25) is 5.95 Å². The van der Waals surface area contributed by atoms with Gasteiger partial charge in [-0.2, -0.15) is 4.98 Å². The average Bonchev–Trinajstić information content (AvgIpc) is 2.84. The van der Waals surface area contributed by atoms with Crippen molar-refractivity contribution in [2.45, 2.75) is 64.7 Å². The van der Waals surface area contributed by atoms with E-state index in [1.54, 1.807) is 0 Å². The monoisotopic (exact) mass is 462 g/mol. The lowest BCUT2D eigenvalue weighted by molar-refractivity contribution is -0.116. The molecule has 7 nitrogen and oxygen atoms in total. The molecule has 0 bridgehead atoms. The molecule has 1 aliphatic carbocycles. The van der Waals surface area contributed by atoms with E-state index < -0.39 is 5.92 Å². The lowest BCUT2D eigenvalue weighted by atomic mass is 9.76. The van der Waals surface area contributed by atoms with Crippen LogP contribution < -0.4 is 20.5 Å². The van der Waals surface area contributed by atoms with Crippen LogP contribution in [0.25, 0.3) is 0 Å². The Labute approximate surface area is 200 Å². The first kappa shape index (κ1) is 22.7. The van der Waals surface area contributed by atoms with Crippen LogP contribution >= 0.6 is 0 Å². The fourth-order valence-electron chi connectivity index (χ4n) is 5.21. The van der Waals surface area contributed by atoms with Crippen LogP contribution in [0.1, 0.15) is 75.8 Å². The molecule has 0 spiro atoms. The second-order valence-corrected chi connectivity index (χ2v) is 10.0. The van der Waals surface area contributed by atoms with Gasteiger partial charge in [0, 0.05) is 36.7 Å². The Morgan fingerprint density at radius 2 is 1.82 bits per heavy atom. The van der Waals surface area contributed by atoms with E-state index in [4.69, 9.17) is 9.72 Å². The summed E-state index contributed by atoms with van der Waals surface area (Å²) in [7, 11) is 0. The molecule has 2 aliphatic heterocycles. The summed E-state index contributed by atoms with van der Waals surface area (Å²) >= 11 is 0. The topological polar surface area (TPSA) is 87.3 Å². The summed E-state index contributed by atoms with van der Waals surface area (Å²) < 4.78 is 5.89. The van der Waals surface area contributed by atoms with Gasteiger partial charge in [-0.3, -0.25) is 14.6 Å². The fraction of sp³-hybridized carbons (Fsp3) is 0.519. The number of piperidine rings is 1. The number of hydrogen-bond donors (Lipinski definition) is 2. The number of nitrogens with one attached hydrogen (secondary N) is 2. The van der Waals surface area contributed by atoms with Crippen LogP contribution in [0.3, 0.4) is 0 Å². The maximum absolute atomic E-state index is 13.4. The number of benzene rings is 1. The number of carbonyl (C=O) groups is 1. The van der Waals surface area contributed by atoms with Crippen LogP contribution in [0.2, 0.25) is 0 Å². The molecule has 180 valence electrons. The fourth-order valence-corrected chi connectivity index (χ4v) is 5.21. The van der Waals surface area contributed by atoms with E-state index in [1.807, 2.05) is 24.3 Å². The third-order valence-electron chi connectivity index (χ3n) is 7.08. The molecule has 1 atom stereocenters. The van der Waals surface area contributed by atoms with Gasteiger partial charge >= 0.3 is 0 Å². The summed E-state index contributed by atoms with van der Waals surface area (Å²) in [5.74, 6) is 2.28. The molecule has 1 saturated heterocycles. The molecule has 2 N–H and O–H groups in total. The Morgan fingerprint density at radius 1 is 1.06 bits per heavy atom. The van der Waals surface area contributed by atoms with E-state index in [9.17, 15) is 9.59 Å². The molecule has 34 heavy (non-hydrogen) atoms. The number of ether oxygens (including phenoxy) is 1. The molecule has 2 aromatic rings. The van der Waals surface area contributed by atoms with Gasteiger partial charge in [0.1, 0.15) is 11.6 Å². The number of Topliss-reactive ketones (excluding diaryl/α,β-unsaturated/α-hetero) is 1. The maximum Gasteiger partial charge on any atom is 0.258 e. The van der Waals surface area contributed by atoms with E-state index in [-0.39, 0.29) is 11.3 Å². The van der Waals surface area contributed by atoms with E-state index in [1.165, 1.54) is 6.42 Å². The van der Waals surface area contributed by atoms with Crippen LogP contribution in [0, 0.1) is 5.92 Å².